The maximum Gasteiger partial charge on any atom is 0.318 e. The molecule has 1 aliphatic rings. The van der Waals surface area contributed by atoms with Gasteiger partial charge >= 0.3 is 6.03 Å². The van der Waals surface area contributed by atoms with Crippen molar-refractivity contribution < 1.29 is 14.7 Å². The lowest BCUT2D eigenvalue weighted by Gasteiger charge is -2.37. The van der Waals surface area contributed by atoms with E-state index in [2.05, 4.69) is 10.6 Å². The Balaban J connectivity index is 1.72. The highest BCUT2D eigenvalue weighted by Crippen LogP contribution is 2.17. The third kappa shape index (κ3) is 7.30. The van der Waals surface area contributed by atoms with Crippen LogP contribution in [0, 0.1) is 5.92 Å². The van der Waals surface area contributed by atoms with Gasteiger partial charge < -0.3 is 26.4 Å². The zero-order valence-corrected chi connectivity index (χ0v) is 20.2. The van der Waals surface area contributed by atoms with E-state index in [1.165, 1.54) is 0 Å². The van der Waals surface area contributed by atoms with Crippen molar-refractivity contribution >= 4 is 11.9 Å². The van der Waals surface area contributed by atoms with E-state index in [-0.39, 0.29) is 23.9 Å². The van der Waals surface area contributed by atoms with Crippen molar-refractivity contribution in [2.24, 2.45) is 11.7 Å². The van der Waals surface area contributed by atoms with Crippen molar-refractivity contribution in [3.8, 4) is 0 Å². The lowest BCUT2D eigenvalue weighted by Crippen LogP contribution is -2.59. The van der Waals surface area contributed by atoms with Gasteiger partial charge in [0.05, 0.1) is 6.10 Å². The second-order valence-electron chi connectivity index (χ2n) is 9.52. The van der Waals surface area contributed by atoms with Crippen LogP contribution in [0.5, 0.6) is 0 Å². The van der Waals surface area contributed by atoms with Crippen molar-refractivity contribution in [1.29, 1.82) is 0 Å². The van der Waals surface area contributed by atoms with E-state index in [4.69, 9.17) is 5.73 Å². The van der Waals surface area contributed by atoms with Gasteiger partial charge in [-0.3, -0.25) is 4.79 Å². The number of hydrogen-bond acceptors (Lipinski definition) is 4. The van der Waals surface area contributed by atoms with Gasteiger partial charge in [-0.2, -0.15) is 0 Å². The van der Waals surface area contributed by atoms with E-state index < -0.39 is 18.2 Å². The van der Waals surface area contributed by atoms with Gasteiger partial charge in [0.25, 0.3) is 0 Å². The van der Waals surface area contributed by atoms with Gasteiger partial charge in [0, 0.05) is 25.2 Å². The number of nitrogens with zero attached hydrogens (tertiary/aromatic N) is 1. The zero-order valence-electron chi connectivity index (χ0n) is 20.2. The van der Waals surface area contributed by atoms with Crippen LogP contribution < -0.4 is 16.4 Å². The minimum atomic E-state index is -0.787. The highest BCUT2D eigenvalue weighted by molar-refractivity contribution is 5.87. The highest BCUT2D eigenvalue weighted by Gasteiger charge is 2.35. The molecule has 0 bridgehead atoms. The number of carbonyl (C=O) groups excluding carboxylic acids is 2. The Morgan fingerprint density at radius 3 is 2.21 bits per heavy atom. The molecule has 1 fully saturated rings. The molecule has 0 radical (unpaired) electrons. The van der Waals surface area contributed by atoms with Crippen LogP contribution >= 0.6 is 0 Å². The summed E-state index contributed by atoms with van der Waals surface area (Å²) in [5.41, 5.74) is 8.47. The first-order valence-corrected chi connectivity index (χ1v) is 12.2. The molecule has 7 nitrogen and oxygen atoms in total. The van der Waals surface area contributed by atoms with E-state index in [0.717, 1.165) is 17.5 Å². The zero-order chi connectivity index (χ0) is 24.5. The van der Waals surface area contributed by atoms with E-state index in [1.807, 2.05) is 74.5 Å². The summed E-state index contributed by atoms with van der Waals surface area (Å²) in [6, 6.07) is 18.2. The molecule has 1 unspecified atom stereocenters. The van der Waals surface area contributed by atoms with Crippen LogP contribution in [0.3, 0.4) is 0 Å². The van der Waals surface area contributed by atoms with Crippen molar-refractivity contribution in [2.75, 3.05) is 13.1 Å². The number of benzene rings is 2. The second kappa shape index (κ2) is 12.5. The molecular formula is C27H38N4O3. The molecule has 3 amide bonds. The molecule has 1 saturated heterocycles. The first-order chi connectivity index (χ1) is 16.3. The van der Waals surface area contributed by atoms with E-state index in [0.29, 0.717) is 32.4 Å². The summed E-state index contributed by atoms with van der Waals surface area (Å²) in [7, 11) is 0. The molecule has 34 heavy (non-hydrogen) atoms. The number of rotatable bonds is 11. The molecule has 2 aromatic rings. The summed E-state index contributed by atoms with van der Waals surface area (Å²) >= 11 is 0. The van der Waals surface area contributed by atoms with Crippen LogP contribution in [0.1, 0.15) is 37.8 Å². The van der Waals surface area contributed by atoms with Gasteiger partial charge in [-0.1, -0.05) is 74.5 Å². The Bertz CT molecular complexity index is 907. The number of urea groups is 1. The topological polar surface area (TPSA) is 108 Å². The molecule has 1 aliphatic heterocycles. The van der Waals surface area contributed by atoms with Gasteiger partial charge in [-0.25, -0.2) is 4.79 Å². The molecule has 1 heterocycles. The lowest BCUT2D eigenvalue weighted by molar-refractivity contribution is -0.128. The molecule has 0 aromatic heterocycles. The summed E-state index contributed by atoms with van der Waals surface area (Å²) in [5, 5.41) is 16.9. The third-order valence-corrected chi connectivity index (χ3v) is 6.35. The van der Waals surface area contributed by atoms with Crippen molar-refractivity contribution in [3.05, 3.63) is 71.8 Å². The molecule has 0 saturated carbocycles. The standard InChI is InChI=1S/C27H38N4O3/c1-19(2)25(31-15-9-14-29-27(31)34)26(33)30-22(16-20-10-5-3-6-11-20)18-24(32)23(28)17-21-12-7-4-8-13-21/h3-8,10-13,19,22-25,32H,9,14-18,28H2,1-2H3,(H,29,34)(H,30,33)/t22-,23?,24-,25-/m0/s1. The predicted octanol–water partition coefficient (Wildman–Crippen LogP) is 2.47. The molecule has 2 aromatic carbocycles. The number of hydrogen-bond donors (Lipinski definition) is 4. The fourth-order valence-electron chi connectivity index (χ4n) is 4.58. The van der Waals surface area contributed by atoms with Crippen LogP contribution in [0.2, 0.25) is 0 Å². The Morgan fingerprint density at radius 1 is 1.06 bits per heavy atom. The van der Waals surface area contributed by atoms with E-state index in [1.54, 1.807) is 4.90 Å². The molecule has 0 aliphatic carbocycles. The first-order valence-electron chi connectivity index (χ1n) is 12.2. The summed E-state index contributed by atoms with van der Waals surface area (Å²) in [4.78, 5) is 27.5. The van der Waals surface area contributed by atoms with Gasteiger partial charge in [0.2, 0.25) is 5.91 Å². The van der Waals surface area contributed by atoms with Crippen molar-refractivity contribution in [1.82, 2.24) is 15.5 Å². The SMILES string of the molecule is CC(C)[C@@H](C(=O)N[C@@H](Cc1ccccc1)C[C@H](O)C(N)Cc1ccccc1)N1CCCNC1=O. The second-order valence-corrected chi connectivity index (χ2v) is 9.52. The number of aliphatic hydroxyl groups excluding tert-OH is 1. The van der Waals surface area contributed by atoms with Crippen molar-refractivity contribution in [2.45, 2.75) is 63.8 Å². The summed E-state index contributed by atoms with van der Waals surface area (Å²) < 4.78 is 0. The van der Waals surface area contributed by atoms with E-state index >= 15 is 0 Å². The monoisotopic (exact) mass is 466 g/mol. The maximum atomic E-state index is 13.4. The van der Waals surface area contributed by atoms with Gasteiger partial charge in [-0.15, -0.1) is 0 Å². The average Bonchev–Trinajstić information content (AvgIpc) is 2.81. The molecule has 3 rings (SSSR count). The largest absolute Gasteiger partial charge is 0.391 e. The van der Waals surface area contributed by atoms with E-state index in [9.17, 15) is 14.7 Å². The molecular weight excluding hydrogens is 428 g/mol. The molecule has 0 spiro atoms. The fraction of sp³-hybridized carbons (Fsp3) is 0.481. The smallest absolute Gasteiger partial charge is 0.318 e. The lowest BCUT2D eigenvalue weighted by atomic mass is 9.93. The molecule has 5 N–H and O–H groups in total. The predicted molar refractivity (Wildman–Crippen MR) is 134 cm³/mol. The van der Waals surface area contributed by atoms with Crippen LogP contribution in [-0.4, -0.2) is 59.3 Å². The average molecular weight is 467 g/mol. The number of aliphatic hydroxyl groups is 1. The van der Waals surface area contributed by atoms with Crippen LogP contribution in [0.25, 0.3) is 0 Å². The normalized spacial score (nSPS) is 17.6. The molecule has 184 valence electrons. The third-order valence-electron chi connectivity index (χ3n) is 6.35. The minimum Gasteiger partial charge on any atom is -0.391 e. The molecule has 7 heteroatoms. The van der Waals surface area contributed by atoms with Crippen molar-refractivity contribution in [3.63, 3.8) is 0 Å². The van der Waals surface area contributed by atoms with Crippen LogP contribution in [0.15, 0.2) is 60.7 Å². The summed E-state index contributed by atoms with van der Waals surface area (Å²) in [5.74, 6) is -0.247. The summed E-state index contributed by atoms with van der Waals surface area (Å²) in [6.07, 6.45) is 1.47. The minimum absolute atomic E-state index is 0.0495. The Labute approximate surface area is 202 Å². The van der Waals surface area contributed by atoms with Crippen LogP contribution in [-0.2, 0) is 17.6 Å². The molecule has 4 atom stereocenters. The highest BCUT2D eigenvalue weighted by atomic mass is 16.3. The van der Waals surface area contributed by atoms with Gasteiger partial charge in [0.1, 0.15) is 6.04 Å². The van der Waals surface area contributed by atoms with Crippen LogP contribution in [0.4, 0.5) is 4.79 Å². The number of amides is 3. The Hall–Kier alpha value is -2.90. The Morgan fingerprint density at radius 2 is 1.65 bits per heavy atom. The summed E-state index contributed by atoms with van der Waals surface area (Å²) in [6.45, 7) is 5.08. The quantitative estimate of drug-likeness (QED) is 0.408. The Kier molecular flexibility index (Phi) is 9.48. The first kappa shape index (κ1) is 25.7. The number of carbonyl (C=O) groups is 2. The van der Waals surface area contributed by atoms with Gasteiger partial charge in [0.15, 0.2) is 0 Å². The number of nitrogens with two attached hydrogens (primary N) is 1. The fourth-order valence-corrected chi connectivity index (χ4v) is 4.58. The number of nitrogens with one attached hydrogen (secondary N) is 2. The maximum absolute atomic E-state index is 13.4. The van der Waals surface area contributed by atoms with Gasteiger partial charge in [-0.05, 0) is 42.7 Å².